The van der Waals surface area contributed by atoms with Gasteiger partial charge in [-0.25, -0.2) is 13.4 Å². The van der Waals surface area contributed by atoms with Gasteiger partial charge in [-0.2, -0.15) is 4.31 Å². The highest BCUT2D eigenvalue weighted by Crippen LogP contribution is 2.20. The lowest BCUT2D eigenvalue weighted by Gasteiger charge is -2.26. The Morgan fingerprint density at radius 3 is 2.68 bits per heavy atom. The number of aromatic amines is 1. The Balaban J connectivity index is 2.04. The standard InChI is InChI=1S/C15H17N3O3S/c1-2-22(20,21)18-9-8-12-13(10-18)16-14(17-15(12)19)11-6-4-3-5-7-11/h3-7H,2,8-10H2,1H3,(H,16,17,19). The summed E-state index contributed by atoms with van der Waals surface area (Å²) in [6, 6.07) is 9.32. The lowest BCUT2D eigenvalue weighted by atomic mass is 10.1. The molecule has 1 aliphatic heterocycles. The fourth-order valence-corrected chi connectivity index (χ4v) is 3.62. The van der Waals surface area contributed by atoms with Crippen molar-refractivity contribution in [3.63, 3.8) is 0 Å². The van der Waals surface area contributed by atoms with E-state index in [1.807, 2.05) is 30.3 Å². The number of nitrogens with zero attached hydrogens (tertiary/aromatic N) is 2. The van der Waals surface area contributed by atoms with Crippen LogP contribution in [-0.4, -0.2) is 35.0 Å². The summed E-state index contributed by atoms with van der Waals surface area (Å²) in [6.07, 6.45) is 0.395. The van der Waals surface area contributed by atoms with Gasteiger partial charge in [-0.1, -0.05) is 30.3 Å². The zero-order valence-corrected chi connectivity index (χ0v) is 13.1. The second-order valence-corrected chi connectivity index (χ2v) is 7.45. The van der Waals surface area contributed by atoms with Crippen molar-refractivity contribution in [3.8, 4) is 11.4 Å². The summed E-state index contributed by atoms with van der Waals surface area (Å²) in [7, 11) is -3.27. The van der Waals surface area contributed by atoms with Crippen molar-refractivity contribution in [3.05, 3.63) is 51.9 Å². The van der Waals surface area contributed by atoms with Gasteiger partial charge in [-0.3, -0.25) is 4.79 Å². The van der Waals surface area contributed by atoms with Crippen LogP contribution in [0, 0.1) is 0 Å². The van der Waals surface area contributed by atoms with Crippen molar-refractivity contribution in [1.82, 2.24) is 14.3 Å². The number of fused-ring (bicyclic) bond motifs is 1. The van der Waals surface area contributed by atoms with E-state index < -0.39 is 10.0 Å². The quantitative estimate of drug-likeness (QED) is 0.920. The zero-order valence-electron chi connectivity index (χ0n) is 12.2. The molecule has 0 radical (unpaired) electrons. The maximum Gasteiger partial charge on any atom is 0.254 e. The van der Waals surface area contributed by atoms with E-state index in [-0.39, 0.29) is 17.9 Å². The van der Waals surface area contributed by atoms with E-state index in [9.17, 15) is 13.2 Å². The molecule has 22 heavy (non-hydrogen) atoms. The van der Waals surface area contributed by atoms with Gasteiger partial charge in [0.2, 0.25) is 10.0 Å². The van der Waals surface area contributed by atoms with Crippen molar-refractivity contribution in [1.29, 1.82) is 0 Å². The van der Waals surface area contributed by atoms with E-state index in [4.69, 9.17) is 0 Å². The SMILES string of the molecule is CCS(=O)(=O)N1CCc2c(nc(-c3ccccc3)[nH]c2=O)C1. The summed E-state index contributed by atoms with van der Waals surface area (Å²) in [5.74, 6) is 0.525. The van der Waals surface area contributed by atoms with Crippen LogP contribution in [0.3, 0.4) is 0 Å². The molecule has 1 aromatic heterocycles. The first-order valence-electron chi connectivity index (χ1n) is 7.16. The first kappa shape index (κ1) is 14.9. The van der Waals surface area contributed by atoms with E-state index in [2.05, 4.69) is 9.97 Å². The van der Waals surface area contributed by atoms with E-state index in [0.29, 0.717) is 30.0 Å². The molecule has 0 amide bonds. The van der Waals surface area contributed by atoms with E-state index in [1.54, 1.807) is 6.92 Å². The number of rotatable bonds is 3. The molecule has 3 rings (SSSR count). The van der Waals surface area contributed by atoms with Crippen molar-refractivity contribution in [2.45, 2.75) is 19.9 Å². The maximum atomic E-state index is 12.2. The molecule has 6 nitrogen and oxygen atoms in total. The average molecular weight is 319 g/mol. The molecule has 7 heteroatoms. The number of benzene rings is 1. The molecule has 0 saturated heterocycles. The number of hydrogen-bond acceptors (Lipinski definition) is 4. The van der Waals surface area contributed by atoms with Gasteiger partial charge in [-0.05, 0) is 13.3 Å². The van der Waals surface area contributed by atoms with Crippen molar-refractivity contribution in [2.75, 3.05) is 12.3 Å². The number of sulfonamides is 1. The van der Waals surface area contributed by atoms with Gasteiger partial charge in [0, 0.05) is 17.7 Å². The highest BCUT2D eigenvalue weighted by molar-refractivity contribution is 7.89. The fourth-order valence-electron chi connectivity index (χ4n) is 2.57. The Labute approximate surface area is 128 Å². The second kappa shape index (κ2) is 5.66. The summed E-state index contributed by atoms with van der Waals surface area (Å²) in [6.45, 7) is 2.11. The third-order valence-electron chi connectivity index (χ3n) is 3.84. The third-order valence-corrected chi connectivity index (χ3v) is 5.67. The van der Waals surface area contributed by atoms with Gasteiger partial charge in [0.1, 0.15) is 5.82 Å². The molecule has 1 N–H and O–H groups in total. The molecule has 116 valence electrons. The number of aromatic nitrogens is 2. The Morgan fingerprint density at radius 1 is 1.27 bits per heavy atom. The van der Waals surface area contributed by atoms with Gasteiger partial charge >= 0.3 is 0 Å². The van der Waals surface area contributed by atoms with Crippen molar-refractivity contribution in [2.24, 2.45) is 0 Å². The predicted octanol–water partition coefficient (Wildman–Crippen LogP) is 1.14. The maximum absolute atomic E-state index is 12.2. The van der Waals surface area contributed by atoms with Crippen molar-refractivity contribution >= 4 is 10.0 Å². The zero-order chi connectivity index (χ0) is 15.7. The van der Waals surface area contributed by atoms with Gasteiger partial charge in [0.15, 0.2) is 0 Å². The highest BCUT2D eigenvalue weighted by Gasteiger charge is 2.28. The van der Waals surface area contributed by atoms with Crippen LogP contribution in [0.1, 0.15) is 18.2 Å². The first-order valence-corrected chi connectivity index (χ1v) is 8.77. The monoisotopic (exact) mass is 319 g/mol. The molecule has 0 saturated carbocycles. The number of H-pyrrole nitrogens is 1. The molecule has 0 fully saturated rings. The predicted molar refractivity (Wildman–Crippen MR) is 83.9 cm³/mol. The molecular weight excluding hydrogens is 302 g/mol. The third kappa shape index (κ3) is 2.69. The molecule has 2 aromatic rings. The minimum atomic E-state index is -3.27. The van der Waals surface area contributed by atoms with Crippen LogP contribution in [0.4, 0.5) is 0 Å². The van der Waals surface area contributed by atoms with Gasteiger partial charge in [-0.15, -0.1) is 0 Å². The molecule has 0 atom stereocenters. The Morgan fingerprint density at radius 2 is 2.00 bits per heavy atom. The van der Waals surface area contributed by atoms with Crippen LogP contribution in [0.2, 0.25) is 0 Å². The minimum absolute atomic E-state index is 0.0526. The minimum Gasteiger partial charge on any atom is -0.306 e. The second-order valence-electron chi connectivity index (χ2n) is 5.19. The molecule has 0 unspecified atom stereocenters. The molecule has 0 bridgehead atoms. The lowest BCUT2D eigenvalue weighted by Crippen LogP contribution is -2.39. The van der Waals surface area contributed by atoms with Crippen LogP contribution in [0.15, 0.2) is 35.1 Å². The van der Waals surface area contributed by atoms with E-state index in [1.165, 1.54) is 4.31 Å². The van der Waals surface area contributed by atoms with Crippen LogP contribution >= 0.6 is 0 Å². The van der Waals surface area contributed by atoms with Crippen LogP contribution in [0.5, 0.6) is 0 Å². The Bertz CT molecular complexity index is 844. The Hall–Kier alpha value is -1.99. The van der Waals surface area contributed by atoms with E-state index >= 15 is 0 Å². The Kier molecular flexibility index (Phi) is 3.84. The summed E-state index contributed by atoms with van der Waals surface area (Å²) in [5.41, 5.74) is 1.75. The normalized spacial score (nSPS) is 15.5. The molecular formula is C15H17N3O3S. The molecule has 2 heterocycles. The summed E-state index contributed by atoms with van der Waals surface area (Å²) < 4.78 is 25.4. The van der Waals surface area contributed by atoms with Gasteiger partial charge in [0.25, 0.3) is 5.56 Å². The first-order chi connectivity index (χ1) is 10.5. The highest BCUT2D eigenvalue weighted by atomic mass is 32.2. The number of hydrogen-bond donors (Lipinski definition) is 1. The van der Waals surface area contributed by atoms with Gasteiger partial charge in [0.05, 0.1) is 18.0 Å². The van der Waals surface area contributed by atoms with Crippen molar-refractivity contribution < 1.29 is 8.42 Å². The number of nitrogens with one attached hydrogen (secondary N) is 1. The fraction of sp³-hybridized carbons (Fsp3) is 0.333. The van der Waals surface area contributed by atoms with Gasteiger partial charge < -0.3 is 4.98 Å². The summed E-state index contributed by atoms with van der Waals surface area (Å²) in [4.78, 5) is 19.5. The summed E-state index contributed by atoms with van der Waals surface area (Å²) in [5, 5.41) is 0. The smallest absolute Gasteiger partial charge is 0.254 e. The summed E-state index contributed by atoms with van der Waals surface area (Å²) >= 11 is 0. The largest absolute Gasteiger partial charge is 0.306 e. The van der Waals surface area contributed by atoms with Crippen LogP contribution in [0.25, 0.3) is 11.4 Å². The average Bonchev–Trinajstić information content (AvgIpc) is 2.55. The molecule has 0 spiro atoms. The topological polar surface area (TPSA) is 83.1 Å². The van der Waals surface area contributed by atoms with Crippen LogP contribution in [-0.2, 0) is 23.0 Å². The molecule has 1 aromatic carbocycles. The molecule has 1 aliphatic rings. The lowest BCUT2D eigenvalue weighted by molar-refractivity contribution is 0.384. The van der Waals surface area contributed by atoms with Crippen LogP contribution < -0.4 is 5.56 Å². The van der Waals surface area contributed by atoms with E-state index in [0.717, 1.165) is 5.56 Å². The molecule has 0 aliphatic carbocycles.